The molecule has 0 aliphatic carbocycles. The topological polar surface area (TPSA) is 59.9 Å². The monoisotopic (exact) mass is 478 g/mol. The van der Waals surface area contributed by atoms with Crippen LogP contribution in [0, 0.1) is 0 Å². The van der Waals surface area contributed by atoms with Crippen LogP contribution in [0.4, 0.5) is 0 Å². The summed E-state index contributed by atoms with van der Waals surface area (Å²) in [7, 11) is 0. The molecule has 0 unspecified atom stereocenters. The molecule has 2 rings (SSSR count). The van der Waals surface area contributed by atoms with Crippen molar-refractivity contribution in [3.05, 3.63) is 60.2 Å². The van der Waals surface area contributed by atoms with E-state index in [1.807, 2.05) is 0 Å². The molecule has 4 nitrogen and oxygen atoms in total. The van der Waals surface area contributed by atoms with Crippen molar-refractivity contribution in [3.8, 4) is 0 Å². The van der Waals surface area contributed by atoms with Crippen molar-refractivity contribution < 1.29 is 9.59 Å². The van der Waals surface area contributed by atoms with Crippen LogP contribution in [0.3, 0.4) is 0 Å². The molecule has 0 amide bonds. The molecule has 0 aromatic carbocycles. The van der Waals surface area contributed by atoms with Gasteiger partial charge in [-0.25, -0.2) is 0 Å². The highest BCUT2D eigenvalue weighted by atomic mass is 80.9. The Kier molecular flexibility index (Phi) is 12.2. The van der Waals surface area contributed by atoms with Gasteiger partial charge in [-0.05, 0) is 31.2 Å². The molecule has 0 saturated heterocycles. The van der Waals surface area contributed by atoms with Gasteiger partial charge in [-0.2, -0.15) is 0 Å². The normalized spacial score (nSPS) is 8.57. The number of ketones is 2. The van der Waals surface area contributed by atoms with Crippen molar-refractivity contribution in [1.82, 2.24) is 9.97 Å². The van der Waals surface area contributed by atoms with Crippen LogP contribution in [0.2, 0.25) is 0 Å². The number of rotatable bonds is 3. The van der Waals surface area contributed by atoms with Gasteiger partial charge < -0.3 is 0 Å². The molecular weight excluding hydrogens is 468 g/mol. The summed E-state index contributed by atoms with van der Waals surface area (Å²) in [5, 5.41) is 0.372. The molecule has 2 aromatic heterocycles. The highest BCUT2D eigenvalue weighted by Gasteiger charge is 2.00. The first-order valence-corrected chi connectivity index (χ1v) is 10.5. The standard InChI is InChI=1S/C7H6BrNO.C7H7NO.Br2/c8-5-7(10)6-1-3-9-4-2-6;1-6(9)7-2-4-8-5-3-7;1-2/h1-4H,5H2;2-5H,1H3;. The summed E-state index contributed by atoms with van der Waals surface area (Å²) in [6.07, 6.45) is 6.43. The number of alkyl halides is 1. The quantitative estimate of drug-likeness (QED) is 0.474. The second kappa shape index (κ2) is 12.8. The first-order valence-electron chi connectivity index (χ1n) is 5.69. The lowest BCUT2D eigenvalue weighted by atomic mass is 10.2. The Labute approximate surface area is 147 Å². The van der Waals surface area contributed by atoms with Crippen molar-refractivity contribution in [2.75, 3.05) is 5.33 Å². The lowest BCUT2D eigenvalue weighted by Gasteiger charge is -1.92. The van der Waals surface area contributed by atoms with E-state index in [0.717, 1.165) is 0 Å². The zero-order valence-corrected chi connectivity index (χ0v) is 15.9. The second-order valence-corrected chi connectivity index (χ2v) is 4.15. The van der Waals surface area contributed by atoms with Gasteiger partial charge in [0.05, 0.1) is 5.33 Å². The van der Waals surface area contributed by atoms with E-state index in [1.165, 1.54) is 6.92 Å². The Bertz CT molecular complexity index is 536. The van der Waals surface area contributed by atoms with Crippen LogP contribution in [0.1, 0.15) is 27.6 Å². The van der Waals surface area contributed by atoms with Crippen LogP contribution in [-0.4, -0.2) is 26.9 Å². The molecule has 0 N–H and O–H groups in total. The first kappa shape index (κ1) is 20.1. The predicted octanol–water partition coefficient (Wildman–Crippen LogP) is 4.63. The Balaban J connectivity index is 0.000000342. The van der Waals surface area contributed by atoms with E-state index >= 15 is 0 Å². The van der Waals surface area contributed by atoms with Crippen molar-refractivity contribution in [2.24, 2.45) is 0 Å². The van der Waals surface area contributed by atoms with Crippen LogP contribution in [-0.2, 0) is 0 Å². The summed E-state index contributed by atoms with van der Waals surface area (Å²) >= 11 is 8.58. The number of Topliss-reactive ketones (excluding diaryl/α,β-unsaturated/α-hetero) is 2. The highest BCUT2D eigenvalue weighted by Crippen LogP contribution is 1.99. The highest BCUT2D eigenvalue weighted by molar-refractivity contribution is 9.93. The van der Waals surface area contributed by atoms with E-state index in [0.29, 0.717) is 16.5 Å². The number of aromatic nitrogens is 2. The molecule has 21 heavy (non-hydrogen) atoms. The van der Waals surface area contributed by atoms with Gasteiger partial charge in [0.15, 0.2) is 11.6 Å². The molecule has 0 spiro atoms. The fourth-order valence-electron chi connectivity index (χ4n) is 1.20. The van der Waals surface area contributed by atoms with Gasteiger partial charge in [0.1, 0.15) is 0 Å². The van der Waals surface area contributed by atoms with Gasteiger partial charge in [0, 0.05) is 64.2 Å². The van der Waals surface area contributed by atoms with Gasteiger partial charge >= 0.3 is 0 Å². The van der Waals surface area contributed by atoms with Crippen LogP contribution in [0.15, 0.2) is 49.1 Å². The summed E-state index contributed by atoms with van der Waals surface area (Å²) in [5.74, 6) is 0.166. The molecular formula is C14H13Br3N2O2. The van der Waals surface area contributed by atoms with Crippen molar-refractivity contribution in [3.63, 3.8) is 0 Å². The first-order chi connectivity index (χ1) is 10.1. The number of nitrogens with zero attached hydrogens (tertiary/aromatic N) is 2. The van der Waals surface area contributed by atoms with E-state index in [2.05, 4.69) is 54.2 Å². The van der Waals surface area contributed by atoms with Gasteiger partial charge in [-0.1, -0.05) is 15.9 Å². The lowest BCUT2D eigenvalue weighted by molar-refractivity contribution is 0.101. The molecule has 0 fully saturated rings. The Morgan fingerprint density at radius 1 is 0.905 bits per heavy atom. The van der Waals surface area contributed by atoms with Gasteiger partial charge in [-0.3, -0.25) is 19.6 Å². The van der Waals surface area contributed by atoms with E-state index in [9.17, 15) is 9.59 Å². The zero-order valence-electron chi connectivity index (χ0n) is 11.2. The van der Waals surface area contributed by atoms with Crippen LogP contribution < -0.4 is 0 Å². The van der Waals surface area contributed by atoms with Crippen LogP contribution >= 0.6 is 44.2 Å². The summed E-state index contributed by atoms with van der Waals surface area (Å²) in [6, 6.07) is 6.79. The van der Waals surface area contributed by atoms with E-state index in [4.69, 9.17) is 0 Å². The molecule has 7 heteroatoms. The van der Waals surface area contributed by atoms with E-state index < -0.39 is 0 Å². The molecule has 0 saturated carbocycles. The third-order valence-electron chi connectivity index (χ3n) is 2.21. The molecule has 0 aliphatic heterocycles. The maximum absolute atomic E-state index is 10.9. The number of hydrogen-bond acceptors (Lipinski definition) is 4. The molecule has 112 valence electrons. The van der Waals surface area contributed by atoms with Crippen molar-refractivity contribution in [1.29, 1.82) is 0 Å². The molecule has 0 bridgehead atoms. The predicted molar refractivity (Wildman–Crippen MR) is 94.5 cm³/mol. The Morgan fingerprint density at radius 3 is 1.57 bits per heavy atom. The summed E-state index contributed by atoms with van der Waals surface area (Å²) in [4.78, 5) is 29.1. The number of halogens is 3. The van der Waals surface area contributed by atoms with Gasteiger partial charge in [0.2, 0.25) is 0 Å². The molecule has 2 aromatic rings. The Hall–Kier alpha value is -0.920. The maximum Gasteiger partial charge on any atom is 0.173 e. The van der Waals surface area contributed by atoms with Gasteiger partial charge in [0.25, 0.3) is 0 Å². The molecule has 0 aliphatic rings. The van der Waals surface area contributed by atoms with E-state index in [1.54, 1.807) is 49.1 Å². The third-order valence-corrected chi connectivity index (χ3v) is 2.72. The minimum absolute atomic E-state index is 0.0809. The van der Waals surface area contributed by atoms with Crippen LogP contribution in [0.25, 0.3) is 0 Å². The van der Waals surface area contributed by atoms with Crippen molar-refractivity contribution in [2.45, 2.75) is 6.92 Å². The fourth-order valence-corrected chi connectivity index (χ4v) is 1.53. The average Bonchev–Trinajstić information content (AvgIpc) is 2.58. The minimum atomic E-state index is 0.0809. The largest absolute Gasteiger partial charge is 0.295 e. The maximum atomic E-state index is 10.9. The van der Waals surface area contributed by atoms with Crippen molar-refractivity contribution >= 4 is 55.8 Å². The Morgan fingerprint density at radius 2 is 1.29 bits per heavy atom. The number of hydrogen-bond donors (Lipinski definition) is 0. The van der Waals surface area contributed by atoms with Gasteiger partial charge in [-0.15, -0.1) is 0 Å². The smallest absolute Gasteiger partial charge is 0.173 e. The lowest BCUT2D eigenvalue weighted by Crippen LogP contribution is -1.98. The summed E-state index contributed by atoms with van der Waals surface area (Å²) in [5.41, 5.74) is 1.41. The van der Waals surface area contributed by atoms with Crippen LogP contribution in [0.5, 0.6) is 0 Å². The SMILES string of the molecule is BrBr.CC(=O)c1ccncc1.O=C(CBr)c1ccncc1. The average molecular weight is 481 g/mol. The summed E-state index contributed by atoms with van der Waals surface area (Å²) in [6.45, 7) is 1.54. The third kappa shape index (κ3) is 8.85. The minimum Gasteiger partial charge on any atom is -0.295 e. The zero-order chi connectivity index (χ0) is 16.1. The fraction of sp³-hybridized carbons (Fsp3) is 0.143. The number of pyridine rings is 2. The number of carbonyl (C=O) groups is 2. The number of carbonyl (C=O) groups excluding carboxylic acids is 2. The van der Waals surface area contributed by atoms with E-state index in [-0.39, 0.29) is 11.6 Å². The molecule has 2 heterocycles. The second-order valence-electron chi connectivity index (χ2n) is 3.58. The summed E-state index contributed by atoms with van der Waals surface area (Å²) < 4.78 is 0. The molecule has 0 radical (unpaired) electrons. The molecule has 0 atom stereocenters.